The van der Waals surface area contributed by atoms with Gasteiger partial charge in [-0.05, 0) is 42.9 Å². The maximum Gasteiger partial charge on any atom is 1.00 e. The first kappa shape index (κ1) is 6.10. The molecule has 0 amide bonds. The van der Waals surface area contributed by atoms with Gasteiger partial charge < -0.3 is 30.0 Å². The molecule has 170 valence electrons. The van der Waals surface area contributed by atoms with E-state index in [9.17, 15) is 18.8 Å². The van der Waals surface area contributed by atoms with E-state index < -0.39 is 142 Å². The second-order valence-electron chi connectivity index (χ2n) is 4.99. The zero-order valence-electron chi connectivity index (χ0n) is 50.4. The van der Waals surface area contributed by atoms with Crippen molar-refractivity contribution in [1.82, 2.24) is 0 Å². The predicted molar refractivity (Wildman–Crippen MR) is 109 cm³/mol. The van der Waals surface area contributed by atoms with Gasteiger partial charge in [-0.15, -0.1) is 0 Å². The van der Waals surface area contributed by atoms with Gasteiger partial charge in [0, 0.05) is 58.9 Å². The van der Waals surface area contributed by atoms with E-state index in [4.69, 9.17) is 44.0 Å². The van der Waals surface area contributed by atoms with E-state index in [1.165, 1.54) is 0 Å². The summed E-state index contributed by atoms with van der Waals surface area (Å²) in [5.74, 6) is -28.3. The zero-order valence-corrected chi connectivity index (χ0v) is 17.4. The molecule has 31 heavy (non-hydrogen) atoms. The number of carboxylic acid groups (broad SMARTS) is 1. The molecule has 0 bridgehead atoms. The van der Waals surface area contributed by atoms with Crippen LogP contribution in [0.15, 0.2) is 23.7 Å². The van der Waals surface area contributed by atoms with Crippen molar-refractivity contribution in [2.75, 3.05) is 0 Å². The molecule has 0 aromatic rings. The van der Waals surface area contributed by atoms with Crippen molar-refractivity contribution in [3.05, 3.63) is 23.7 Å². The van der Waals surface area contributed by atoms with Crippen molar-refractivity contribution in [2.24, 2.45) is 23.6 Å². The van der Waals surface area contributed by atoms with Gasteiger partial charge >= 0.3 is 35.5 Å². The Bertz CT molecular complexity index is 2020. The van der Waals surface area contributed by atoms with Crippen molar-refractivity contribution in [3.63, 3.8) is 0 Å². The second kappa shape index (κ2) is 13.1. The van der Waals surface area contributed by atoms with Crippen LogP contribution in [0.3, 0.4) is 0 Å². The number of hydrogen-bond donors (Lipinski definition) is 3. The van der Waals surface area contributed by atoms with Gasteiger partial charge in [0.1, 0.15) is 6.08 Å². The van der Waals surface area contributed by atoms with Crippen LogP contribution < -0.4 is 34.7 Å². The maximum atomic E-state index is 14.2. The molecule has 0 saturated carbocycles. The molecule has 0 spiro atoms. The molecule has 0 aromatic carbocycles. The number of carboxylic acids is 1. The molecule has 0 aliphatic heterocycles. The molecule has 3 N–H and O–H groups in total. The molecule has 0 radical (unpaired) electrons. The van der Waals surface area contributed by atoms with Gasteiger partial charge in [0.25, 0.3) is 0 Å². The number of ether oxygens (including phenoxy) is 1. The normalized spacial score (nSPS) is 67.7. The number of fused-ring (bicyclic) bond motifs is 1. The second-order valence-corrected chi connectivity index (χ2v) is 4.99. The van der Waals surface area contributed by atoms with Crippen LogP contribution in [-0.2, 0) is 14.3 Å². The van der Waals surface area contributed by atoms with Crippen LogP contribution in [0.1, 0.15) is 103 Å². The number of esters is 1. The Balaban J connectivity index is 0.0000218. The molecule has 8 heteroatoms. The van der Waals surface area contributed by atoms with Crippen LogP contribution in [-0.4, -0.2) is 55.9 Å². The van der Waals surface area contributed by atoms with Gasteiger partial charge in [0.15, 0.2) is 0 Å². The Morgan fingerprint density at radius 3 is 3.03 bits per heavy atom. The number of carbonyl (C=O) groups excluding carboxylic acids is 2. The van der Waals surface area contributed by atoms with Crippen LogP contribution in [0.5, 0.6) is 0 Å². The van der Waals surface area contributed by atoms with Crippen molar-refractivity contribution >= 4 is 11.9 Å². The first-order valence-electron chi connectivity index (χ1n) is 24.6. The average molecular weight is 482 g/mol. The van der Waals surface area contributed by atoms with Gasteiger partial charge in [0.2, 0.25) is 4.29 Å². The van der Waals surface area contributed by atoms with Gasteiger partial charge in [-0.2, -0.15) is 0 Å². The van der Waals surface area contributed by atoms with E-state index in [1.54, 1.807) is 0 Å². The van der Waals surface area contributed by atoms with Crippen molar-refractivity contribution in [2.45, 2.75) is 83.1 Å². The zero-order chi connectivity index (χ0) is 52.8. The molecule has 0 unspecified atom stereocenters. The molecule has 8 atom stereocenters. The average Bonchev–Trinajstić information content (AvgIpc) is 3.14. The van der Waals surface area contributed by atoms with Crippen LogP contribution in [0.4, 0.5) is 0 Å². The van der Waals surface area contributed by atoms with E-state index in [0.29, 0.717) is 0 Å². The Labute approximate surface area is 256 Å². The number of aliphatic hydroxyl groups is 3. The maximum absolute atomic E-state index is 14.2. The molecular formula is C23H35NaO7. The summed E-state index contributed by atoms with van der Waals surface area (Å²) in [5.41, 5.74) is -2.46. The molecule has 0 aromatic heterocycles. The first-order valence-corrected chi connectivity index (χ1v) is 7.38. The summed E-state index contributed by atoms with van der Waals surface area (Å²) in [7, 11) is 0. The Morgan fingerprint density at radius 1 is 1.55 bits per heavy atom. The predicted octanol–water partition coefficient (Wildman–Crippen LogP) is -1.89. The SMILES string of the molecule is [2H]O[C@@]([2H])(C([2H])([2H])C(=O)[O-])C([2H])([2H])[C@]([2H])(O[2H])C([2H])([2H])C([2H])([2H])[C@]1([2H])[C@]2([2H])C(=C([2H])[C@@]([2H])(O[2H])C([2H])([2H])[C@]2([2H])OC(=O)[C@@]([2H])(C([2H])([2H])[2H])C([2H])([2H])C([2H])([2H])[2H])C([2H])=C([2H])[C@]1([2H])C([2H])([2H])[2H].[Na+]. The van der Waals surface area contributed by atoms with Crippen LogP contribution >= 0.6 is 0 Å². The summed E-state index contributed by atoms with van der Waals surface area (Å²) in [6, 6.07) is -7.17. The summed E-state index contributed by atoms with van der Waals surface area (Å²) < 4.78 is 297. The number of hydrogen-bond acceptors (Lipinski definition) is 7. The minimum absolute atomic E-state index is 0. The number of aliphatic carboxylic acids is 1. The summed E-state index contributed by atoms with van der Waals surface area (Å²) in [6.45, 7) is -14.1. The van der Waals surface area contributed by atoms with E-state index in [0.717, 1.165) is 0 Å². The largest absolute Gasteiger partial charge is 1.00 e. The molecule has 7 nitrogen and oxygen atoms in total. The Morgan fingerprint density at radius 2 is 2.39 bits per heavy atom. The van der Waals surface area contributed by atoms with E-state index >= 15 is 0 Å². The first-order chi connectivity index (χ1) is 28.1. The van der Waals surface area contributed by atoms with Crippen LogP contribution in [0.2, 0.25) is 0 Å². The van der Waals surface area contributed by atoms with Gasteiger partial charge in [-0.1, -0.05) is 38.7 Å². The fourth-order valence-electron chi connectivity index (χ4n) is 1.91. The number of carbonyl (C=O) groups is 2. The fraction of sp³-hybridized carbons (Fsp3) is 0.739. The smallest absolute Gasteiger partial charge is 0.550 e. The number of rotatable bonds is 13. The van der Waals surface area contributed by atoms with Gasteiger partial charge in [-0.3, -0.25) is 4.79 Å². The summed E-state index contributed by atoms with van der Waals surface area (Å²) in [4.78, 5) is 25.9. The molecule has 0 heterocycles. The summed E-state index contributed by atoms with van der Waals surface area (Å²) in [6.07, 6.45) is -52.5. The third-order valence-electron chi connectivity index (χ3n) is 3.02. The molecule has 2 rings (SSSR count). The summed E-state index contributed by atoms with van der Waals surface area (Å²) >= 11 is 0. The minimum atomic E-state index is -5.81. The van der Waals surface area contributed by atoms with Crippen molar-refractivity contribution < 1.29 is 108 Å². The molecule has 0 fully saturated rings. The standard InChI is InChI=1S/C23H36O7.Na/c1-4-13(2)23(29)30-20-11-17(25)9-15-6-5-14(3)19(22(15)20)8-7-16(24)10-18(26)12-21(27)28;/h5-6,9,13-14,16-20,22,24-26H,4,7-8,10-12H2,1-3H3,(H,27,28);/q;+1/p-1/t13-,14-,16+,17+,18+,19-,20-,22-;/m0./s1/i1D3,2D3,3D3,4D2,5D,6D,7D2,8D2,9D,10D2,11D2,12D2,13D,14D,16D,17D,18D,19D,20D,22D,24D,25D,26D;. The Kier molecular flexibility index (Phi) is 2.58. The fourth-order valence-corrected chi connectivity index (χ4v) is 1.91. The number of allylic oxidation sites excluding steroid dienone is 2. The van der Waals surface area contributed by atoms with Crippen LogP contribution in [0.25, 0.3) is 0 Å². The quantitative estimate of drug-likeness (QED) is 0.207. The van der Waals surface area contributed by atoms with E-state index in [2.05, 4.69) is 20.1 Å². The third-order valence-corrected chi connectivity index (χ3v) is 3.02. The van der Waals surface area contributed by atoms with Crippen molar-refractivity contribution in [3.8, 4) is 0 Å². The Hall–Kier alpha value is -0.700. The third kappa shape index (κ3) is 8.30. The van der Waals surface area contributed by atoms with Gasteiger partial charge in [-0.25, -0.2) is 0 Å². The molecular weight excluding hydrogens is 411 g/mol. The van der Waals surface area contributed by atoms with E-state index in [1.807, 2.05) is 0 Å². The minimum Gasteiger partial charge on any atom is -0.550 e. The van der Waals surface area contributed by atoms with Gasteiger partial charge in [0.05, 0.1) is 33.7 Å². The molecule has 0 saturated heterocycles. The monoisotopic (exact) mass is 481 g/mol. The molecule has 2 aliphatic rings. The van der Waals surface area contributed by atoms with E-state index in [-0.39, 0.29) is 29.6 Å². The van der Waals surface area contributed by atoms with Crippen molar-refractivity contribution in [1.29, 1.82) is 4.29 Å². The van der Waals surface area contributed by atoms with Crippen LogP contribution in [0, 0.1) is 23.6 Å². The topological polar surface area (TPSA) is 127 Å². The summed E-state index contributed by atoms with van der Waals surface area (Å²) in [5, 5.41) is 23.1. The molecule has 2 aliphatic carbocycles.